The minimum Gasteiger partial charge on any atom is -0.465 e. The number of benzene rings is 2. The molecule has 0 radical (unpaired) electrons. The van der Waals surface area contributed by atoms with E-state index in [4.69, 9.17) is 0 Å². The van der Waals surface area contributed by atoms with Gasteiger partial charge < -0.3 is 26.4 Å². The molecule has 1 saturated heterocycles. The zero-order valence-electron chi connectivity index (χ0n) is 21.3. The zero-order valence-corrected chi connectivity index (χ0v) is 21.3. The van der Waals surface area contributed by atoms with Crippen molar-refractivity contribution in [1.29, 1.82) is 0 Å². The summed E-state index contributed by atoms with van der Waals surface area (Å²) in [5.74, 6) is -1.13. The fourth-order valence-electron chi connectivity index (χ4n) is 4.70. The molecule has 1 heterocycles. The highest BCUT2D eigenvalue weighted by Gasteiger charge is 2.31. The minimum atomic E-state index is -1.33. The van der Waals surface area contributed by atoms with E-state index in [0.717, 1.165) is 16.3 Å². The molecule has 0 saturated carbocycles. The van der Waals surface area contributed by atoms with E-state index in [-0.39, 0.29) is 24.2 Å². The van der Waals surface area contributed by atoms with Gasteiger partial charge in [0.15, 0.2) is 0 Å². The molecule has 198 valence electrons. The lowest BCUT2D eigenvalue weighted by molar-refractivity contribution is -0.130. The SMILES string of the molecule is C=CC(C[C@@H]1CCNC1=O)NC(=O)C(CC(C)C)NC(=O)C(Cc1cccc2ccccc12)NC(=O)O. The summed E-state index contributed by atoms with van der Waals surface area (Å²) in [6, 6.07) is 10.9. The second-order valence-corrected chi connectivity index (χ2v) is 9.90. The molecule has 1 aliphatic heterocycles. The van der Waals surface area contributed by atoms with Crippen molar-refractivity contribution in [3.63, 3.8) is 0 Å². The largest absolute Gasteiger partial charge is 0.465 e. The Hall–Kier alpha value is -3.88. The van der Waals surface area contributed by atoms with Crippen molar-refractivity contribution in [3.05, 3.63) is 60.7 Å². The van der Waals surface area contributed by atoms with Gasteiger partial charge in [0.2, 0.25) is 17.7 Å². The Morgan fingerprint density at radius 2 is 1.76 bits per heavy atom. The molecule has 0 spiro atoms. The number of fused-ring (bicyclic) bond motifs is 1. The molecule has 0 aromatic heterocycles. The normalized spacial score (nSPS) is 17.5. The molecule has 4 atom stereocenters. The summed E-state index contributed by atoms with van der Waals surface area (Å²) < 4.78 is 0. The molecule has 9 nitrogen and oxygen atoms in total. The van der Waals surface area contributed by atoms with E-state index in [1.54, 1.807) is 6.08 Å². The van der Waals surface area contributed by atoms with Crippen LogP contribution in [0.3, 0.4) is 0 Å². The van der Waals surface area contributed by atoms with Crippen LogP contribution in [0.5, 0.6) is 0 Å². The monoisotopic (exact) mass is 508 g/mol. The van der Waals surface area contributed by atoms with E-state index in [0.29, 0.717) is 25.8 Å². The number of carboxylic acid groups (broad SMARTS) is 1. The van der Waals surface area contributed by atoms with Gasteiger partial charge in [-0.15, -0.1) is 6.58 Å². The van der Waals surface area contributed by atoms with Crippen molar-refractivity contribution in [3.8, 4) is 0 Å². The van der Waals surface area contributed by atoms with E-state index in [2.05, 4.69) is 27.8 Å². The average Bonchev–Trinajstić information content (AvgIpc) is 3.26. The maximum absolute atomic E-state index is 13.3. The first kappa shape index (κ1) is 27.7. The number of hydrogen-bond donors (Lipinski definition) is 5. The summed E-state index contributed by atoms with van der Waals surface area (Å²) in [7, 11) is 0. The van der Waals surface area contributed by atoms with Gasteiger partial charge in [-0.05, 0) is 41.5 Å². The molecule has 3 rings (SSSR count). The number of amides is 4. The highest BCUT2D eigenvalue weighted by molar-refractivity contribution is 5.92. The predicted octanol–water partition coefficient (Wildman–Crippen LogP) is 2.75. The van der Waals surface area contributed by atoms with E-state index < -0.39 is 36.0 Å². The molecule has 37 heavy (non-hydrogen) atoms. The van der Waals surface area contributed by atoms with Crippen LogP contribution >= 0.6 is 0 Å². The molecular weight excluding hydrogens is 472 g/mol. The second-order valence-electron chi connectivity index (χ2n) is 9.90. The molecule has 5 N–H and O–H groups in total. The molecule has 2 aromatic carbocycles. The first-order valence-corrected chi connectivity index (χ1v) is 12.6. The van der Waals surface area contributed by atoms with Gasteiger partial charge in [0.25, 0.3) is 0 Å². The number of carbonyl (C=O) groups is 4. The zero-order chi connectivity index (χ0) is 26.9. The Labute approximate surface area is 217 Å². The molecule has 1 fully saturated rings. The van der Waals surface area contributed by atoms with Crippen LogP contribution in [0.25, 0.3) is 10.8 Å². The van der Waals surface area contributed by atoms with E-state index in [9.17, 15) is 24.3 Å². The Kier molecular flexibility index (Phi) is 9.65. The van der Waals surface area contributed by atoms with E-state index in [1.807, 2.05) is 56.3 Å². The van der Waals surface area contributed by atoms with Gasteiger partial charge in [-0.25, -0.2) is 4.79 Å². The van der Waals surface area contributed by atoms with Gasteiger partial charge in [0.1, 0.15) is 12.1 Å². The fraction of sp³-hybridized carbons (Fsp3) is 0.429. The average molecular weight is 509 g/mol. The third-order valence-corrected chi connectivity index (χ3v) is 6.57. The number of hydrogen-bond acceptors (Lipinski definition) is 4. The summed E-state index contributed by atoms with van der Waals surface area (Å²) in [5.41, 5.74) is 0.818. The molecule has 3 unspecified atom stereocenters. The predicted molar refractivity (Wildman–Crippen MR) is 142 cm³/mol. The Morgan fingerprint density at radius 1 is 1.05 bits per heavy atom. The van der Waals surface area contributed by atoms with Crippen molar-refractivity contribution in [2.24, 2.45) is 11.8 Å². The Balaban J connectivity index is 1.74. The van der Waals surface area contributed by atoms with Crippen LogP contribution in [0.4, 0.5) is 4.79 Å². The van der Waals surface area contributed by atoms with Crippen LogP contribution in [-0.2, 0) is 20.8 Å². The number of carbonyl (C=O) groups excluding carboxylic acids is 3. The van der Waals surface area contributed by atoms with Gasteiger partial charge in [-0.3, -0.25) is 14.4 Å². The number of rotatable bonds is 12. The van der Waals surface area contributed by atoms with Crippen LogP contribution < -0.4 is 21.3 Å². The van der Waals surface area contributed by atoms with Gasteiger partial charge >= 0.3 is 6.09 Å². The fourth-order valence-corrected chi connectivity index (χ4v) is 4.70. The van der Waals surface area contributed by atoms with Crippen molar-refractivity contribution in [2.45, 2.75) is 57.7 Å². The minimum absolute atomic E-state index is 0.0378. The summed E-state index contributed by atoms with van der Waals surface area (Å²) in [4.78, 5) is 50.0. The van der Waals surface area contributed by atoms with Gasteiger partial charge in [-0.2, -0.15) is 0 Å². The number of nitrogens with one attached hydrogen (secondary N) is 4. The first-order valence-electron chi connectivity index (χ1n) is 12.6. The van der Waals surface area contributed by atoms with Crippen molar-refractivity contribution < 1.29 is 24.3 Å². The van der Waals surface area contributed by atoms with Crippen molar-refractivity contribution in [1.82, 2.24) is 21.3 Å². The lowest BCUT2D eigenvalue weighted by atomic mass is 9.96. The summed E-state index contributed by atoms with van der Waals surface area (Å²) >= 11 is 0. The molecule has 4 amide bonds. The molecule has 2 aromatic rings. The smallest absolute Gasteiger partial charge is 0.405 e. The molecule has 0 aliphatic carbocycles. The first-order chi connectivity index (χ1) is 17.7. The lowest BCUT2D eigenvalue weighted by Gasteiger charge is -2.26. The maximum atomic E-state index is 13.3. The highest BCUT2D eigenvalue weighted by atomic mass is 16.4. The van der Waals surface area contributed by atoms with Crippen LogP contribution in [0.1, 0.15) is 38.7 Å². The van der Waals surface area contributed by atoms with Crippen molar-refractivity contribution >= 4 is 34.6 Å². The van der Waals surface area contributed by atoms with Crippen LogP contribution in [0.2, 0.25) is 0 Å². The molecule has 1 aliphatic rings. The van der Waals surface area contributed by atoms with Gasteiger partial charge in [0, 0.05) is 24.9 Å². The van der Waals surface area contributed by atoms with Crippen LogP contribution in [0.15, 0.2) is 55.1 Å². The molecule has 9 heteroatoms. The Morgan fingerprint density at radius 3 is 2.41 bits per heavy atom. The topological polar surface area (TPSA) is 137 Å². The lowest BCUT2D eigenvalue weighted by Crippen LogP contribution is -2.55. The van der Waals surface area contributed by atoms with Gasteiger partial charge in [0.05, 0.1) is 0 Å². The standard InChI is InChI=1S/C28H36N4O5/c1-4-21(15-20-12-13-29-25(20)33)30-26(34)23(14-17(2)3)31-27(35)24(32-28(36)37)16-19-10-7-9-18-8-5-6-11-22(18)19/h4-11,17,20-21,23-24,32H,1,12-16H2,2-3H3,(H,29,33)(H,30,34)(H,31,35)(H,36,37)/t20-,21?,23?,24?/m0/s1. The molecular formula is C28H36N4O5. The summed E-state index contributed by atoms with van der Waals surface area (Å²) in [6.45, 7) is 8.27. The molecule has 0 bridgehead atoms. The summed E-state index contributed by atoms with van der Waals surface area (Å²) in [5, 5.41) is 22.1. The second kappa shape index (κ2) is 12.9. The van der Waals surface area contributed by atoms with E-state index in [1.165, 1.54) is 0 Å². The van der Waals surface area contributed by atoms with Crippen molar-refractivity contribution in [2.75, 3.05) is 6.54 Å². The van der Waals surface area contributed by atoms with Gasteiger partial charge in [-0.1, -0.05) is 62.4 Å². The quantitative estimate of drug-likeness (QED) is 0.281. The third-order valence-electron chi connectivity index (χ3n) is 6.57. The van der Waals surface area contributed by atoms with Crippen LogP contribution in [-0.4, -0.2) is 53.6 Å². The third kappa shape index (κ3) is 7.80. The van der Waals surface area contributed by atoms with E-state index >= 15 is 0 Å². The highest BCUT2D eigenvalue weighted by Crippen LogP contribution is 2.20. The Bertz CT molecular complexity index is 1140. The maximum Gasteiger partial charge on any atom is 0.405 e. The van der Waals surface area contributed by atoms with Crippen LogP contribution in [0, 0.1) is 11.8 Å². The summed E-state index contributed by atoms with van der Waals surface area (Å²) in [6.07, 6.45) is 1.87.